The minimum atomic E-state index is -3.70. The number of nitrogens with one attached hydrogen (secondary N) is 1. The monoisotopic (exact) mass is 374 g/mol. The average Bonchev–Trinajstić information content (AvgIpc) is 3.14. The van der Waals surface area contributed by atoms with Crippen molar-refractivity contribution in [1.29, 1.82) is 0 Å². The van der Waals surface area contributed by atoms with Gasteiger partial charge in [-0.3, -0.25) is 4.79 Å². The Bertz CT molecular complexity index is 922. The second-order valence-electron chi connectivity index (χ2n) is 6.97. The van der Waals surface area contributed by atoms with Crippen molar-refractivity contribution < 1.29 is 17.6 Å². The summed E-state index contributed by atoms with van der Waals surface area (Å²) in [4.78, 5) is 15.0. The molecule has 2 aromatic rings. The Morgan fingerprint density at radius 3 is 2.65 bits per heavy atom. The second kappa shape index (κ2) is 6.25. The molecule has 2 fully saturated rings. The van der Waals surface area contributed by atoms with E-state index in [1.165, 1.54) is 25.6 Å². The van der Waals surface area contributed by atoms with Gasteiger partial charge in [-0.15, -0.1) is 0 Å². The molecule has 26 heavy (non-hydrogen) atoms. The molecule has 0 bridgehead atoms. The predicted octanol–water partition coefficient (Wildman–Crippen LogP) is 2.73. The zero-order valence-electron chi connectivity index (χ0n) is 14.6. The maximum absolute atomic E-state index is 13.1. The Balaban J connectivity index is 1.68. The lowest BCUT2D eigenvalue weighted by atomic mass is 9.61. The van der Waals surface area contributed by atoms with Crippen LogP contribution in [0, 0.1) is 5.92 Å². The third kappa shape index (κ3) is 2.49. The van der Waals surface area contributed by atoms with Crippen LogP contribution in [0.25, 0.3) is 0 Å². The third-order valence-electron chi connectivity index (χ3n) is 5.77. The molecule has 138 valence electrons. The van der Waals surface area contributed by atoms with Gasteiger partial charge in [-0.25, -0.2) is 13.1 Å². The van der Waals surface area contributed by atoms with Gasteiger partial charge in [-0.05, 0) is 37.6 Å². The molecule has 0 spiro atoms. The SMILES string of the molecule is CNS(=O)(=O)c1ccc(C(=O)N2C[C@H]3CCCC[C@@]32c2ccccc2)o1. The number of sulfonamides is 1. The van der Waals surface area contributed by atoms with E-state index in [-0.39, 0.29) is 22.3 Å². The van der Waals surface area contributed by atoms with Crippen molar-refractivity contribution in [2.24, 2.45) is 5.92 Å². The van der Waals surface area contributed by atoms with Crippen LogP contribution in [0.2, 0.25) is 0 Å². The van der Waals surface area contributed by atoms with Crippen molar-refractivity contribution in [2.45, 2.75) is 36.3 Å². The minimum Gasteiger partial charge on any atom is -0.438 e. The van der Waals surface area contributed by atoms with Gasteiger partial charge in [0.2, 0.25) is 5.09 Å². The third-order valence-corrected chi connectivity index (χ3v) is 7.05. The zero-order valence-corrected chi connectivity index (χ0v) is 15.5. The molecule has 7 heteroatoms. The molecular weight excluding hydrogens is 352 g/mol. The lowest BCUT2D eigenvalue weighted by Gasteiger charge is -2.61. The summed E-state index contributed by atoms with van der Waals surface area (Å²) in [6.45, 7) is 0.683. The first-order valence-electron chi connectivity index (χ1n) is 8.90. The number of amides is 1. The maximum Gasteiger partial charge on any atom is 0.290 e. The summed E-state index contributed by atoms with van der Waals surface area (Å²) in [5, 5.41) is -0.238. The molecule has 1 saturated carbocycles. The lowest BCUT2D eigenvalue weighted by Crippen LogP contribution is -2.67. The van der Waals surface area contributed by atoms with Gasteiger partial charge in [0.25, 0.3) is 15.9 Å². The first-order chi connectivity index (χ1) is 12.5. The number of likely N-dealkylation sites (tertiary alicyclic amines) is 1. The summed E-state index contributed by atoms with van der Waals surface area (Å²) in [6, 6.07) is 12.9. The zero-order chi connectivity index (χ0) is 18.4. The molecular formula is C19H22N2O4S. The van der Waals surface area contributed by atoms with Gasteiger partial charge in [-0.2, -0.15) is 0 Å². The normalized spacial score (nSPS) is 25.4. The molecule has 1 saturated heterocycles. The number of furan rings is 1. The van der Waals surface area contributed by atoms with Crippen LogP contribution in [0.1, 0.15) is 41.8 Å². The molecule has 1 aromatic heterocycles. The molecule has 2 heterocycles. The first-order valence-corrected chi connectivity index (χ1v) is 10.4. The van der Waals surface area contributed by atoms with Crippen LogP contribution in [-0.4, -0.2) is 32.8 Å². The topological polar surface area (TPSA) is 79.6 Å². The van der Waals surface area contributed by atoms with E-state index in [0.717, 1.165) is 24.8 Å². The number of hydrogen-bond acceptors (Lipinski definition) is 4. The van der Waals surface area contributed by atoms with Gasteiger partial charge < -0.3 is 9.32 Å². The Morgan fingerprint density at radius 2 is 1.96 bits per heavy atom. The van der Waals surface area contributed by atoms with E-state index < -0.39 is 10.0 Å². The fourth-order valence-corrected chi connectivity index (χ4v) is 5.08. The lowest BCUT2D eigenvalue weighted by molar-refractivity contribution is -0.0883. The van der Waals surface area contributed by atoms with E-state index in [1.54, 1.807) is 0 Å². The van der Waals surface area contributed by atoms with Gasteiger partial charge >= 0.3 is 0 Å². The minimum absolute atomic E-state index is 0.0677. The average molecular weight is 374 g/mol. The van der Waals surface area contributed by atoms with Crippen molar-refractivity contribution in [3.8, 4) is 0 Å². The van der Waals surface area contributed by atoms with Gasteiger partial charge in [0.05, 0.1) is 5.54 Å². The van der Waals surface area contributed by atoms with Crippen LogP contribution in [0.4, 0.5) is 0 Å². The van der Waals surface area contributed by atoms with E-state index in [1.807, 2.05) is 23.1 Å². The number of fused-ring (bicyclic) bond motifs is 1. The van der Waals surface area contributed by atoms with E-state index in [0.29, 0.717) is 12.5 Å². The number of carbonyl (C=O) groups excluding carboxylic acids is 1. The molecule has 1 amide bonds. The van der Waals surface area contributed by atoms with Crippen LogP contribution < -0.4 is 4.72 Å². The van der Waals surface area contributed by atoms with E-state index >= 15 is 0 Å². The van der Waals surface area contributed by atoms with E-state index in [9.17, 15) is 13.2 Å². The molecule has 1 aliphatic heterocycles. The highest BCUT2D eigenvalue weighted by Crippen LogP contribution is 2.54. The molecule has 2 atom stereocenters. The number of carbonyl (C=O) groups is 1. The van der Waals surface area contributed by atoms with Gasteiger partial charge in [0, 0.05) is 12.5 Å². The Kier molecular flexibility index (Phi) is 4.16. The Hall–Kier alpha value is -2.12. The molecule has 0 unspecified atom stereocenters. The number of benzene rings is 1. The quantitative estimate of drug-likeness (QED) is 0.892. The van der Waals surface area contributed by atoms with Gasteiger partial charge in [0.15, 0.2) is 5.76 Å². The van der Waals surface area contributed by atoms with E-state index in [4.69, 9.17) is 4.42 Å². The first kappa shape index (κ1) is 17.3. The standard InChI is InChI=1S/C19H22N2O4S/c1-20-26(23,24)17-11-10-16(25-17)18(22)21-13-15-9-5-6-12-19(15,21)14-7-3-2-4-8-14/h2-4,7-8,10-11,15,20H,5-6,9,12-13H2,1H3/t15-,19-/m1/s1. The van der Waals surface area contributed by atoms with Gasteiger partial charge in [0.1, 0.15) is 0 Å². The van der Waals surface area contributed by atoms with Crippen LogP contribution >= 0.6 is 0 Å². The van der Waals surface area contributed by atoms with Crippen molar-refractivity contribution in [1.82, 2.24) is 9.62 Å². The maximum atomic E-state index is 13.1. The van der Waals surface area contributed by atoms with Crippen molar-refractivity contribution >= 4 is 15.9 Å². The second-order valence-corrected chi connectivity index (χ2v) is 8.79. The van der Waals surface area contributed by atoms with Crippen LogP contribution in [0.5, 0.6) is 0 Å². The summed E-state index contributed by atoms with van der Waals surface area (Å²) in [6.07, 6.45) is 4.30. The fourth-order valence-electron chi connectivity index (χ4n) is 4.44. The van der Waals surface area contributed by atoms with Crippen LogP contribution in [-0.2, 0) is 15.6 Å². The number of nitrogens with zero attached hydrogens (tertiary/aromatic N) is 1. The molecule has 1 aromatic carbocycles. The van der Waals surface area contributed by atoms with Crippen molar-refractivity contribution in [3.05, 3.63) is 53.8 Å². The molecule has 6 nitrogen and oxygen atoms in total. The molecule has 0 radical (unpaired) electrons. The largest absolute Gasteiger partial charge is 0.438 e. The van der Waals surface area contributed by atoms with Crippen LogP contribution in [0.15, 0.2) is 52.0 Å². The van der Waals surface area contributed by atoms with Gasteiger partial charge in [-0.1, -0.05) is 43.2 Å². The molecule has 1 N–H and O–H groups in total. The Labute approximate surface area is 153 Å². The highest BCUT2D eigenvalue weighted by Gasteiger charge is 2.57. The van der Waals surface area contributed by atoms with Crippen molar-refractivity contribution in [3.63, 3.8) is 0 Å². The summed E-state index contributed by atoms with van der Waals surface area (Å²) >= 11 is 0. The predicted molar refractivity (Wildman–Crippen MR) is 96.1 cm³/mol. The summed E-state index contributed by atoms with van der Waals surface area (Å²) in [5.74, 6) is 0.265. The number of hydrogen-bond donors (Lipinski definition) is 1. The van der Waals surface area contributed by atoms with Crippen molar-refractivity contribution in [2.75, 3.05) is 13.6 Å². The van der Waals surface area contributed by atoms with Crippen LogP contribution in [0.3, 0.4) is 0 Å². The molecule has 4 rings (SSSR count). The highest BCUT2D eigenvalue weighted by molar-refractivity contribution is 7.89. The summed E-state index contributed by atoms with van der Waals surface area (Å²) in [5.41, 5.74) is 0.852. The smallest absolute Gasteiger partial charge is 0.290 e. The van der Waals surface area contributed by atoms with E-state index in [2.05, 4.69) is 16.9 Å². The molecule has 2 aliphatic rings. The fraction of sp³-hybridized carbons (Fsp3) is 0.421. The highest BCUT2D eigenvalue weighted by atomic mass is 32.2. The summed E-state index contributed by atoms with van der Waals surface area (Å²) < 4.78 is 31.3. The molecule has 1 aliphatic carbocycles. The summed E-state index contributed by atoms with van der Waals surface area (Å²) in [7, 11) is -2.39. The number of rotatable bonds is 4. The Morgan fingerprint density at radius 1 is 1.19 bits per heavy atom.